The maximum absolute atomic E-state index is 10.1. The third kappa shape index (κ3) is 4.10. The monoisotopic (exact) mass is 270 g/mol. The first kappa shape index (κ1) is 14.6. The first-order valence-electron chi connectivity index (χ1n) is 7.15. The van der Waals surface area contributed by atoms with Crippen molar-refractivity contribution in [3.63, 3.8) is 0 Å². The molecule has 106 valence electrons. The zero-order valence-corrected chi connectivity index (χ0v) is 12.2. The molecule has 0 saturated carbocycles. The van der Waals surface area contributed by atoms with E-state index in [-0.39, 0.29) is 6.61 Å². The molecule has 0 saturated heterocycles. The van der Waals surface area contributed by atoms with Crippen LogP contribution in [0.1, 0.15) is 36.1 Å². The molecule has 0 bridgehead atoms. The molecule has 0 spiro atoms. The summed E-state index contributed by atoms with van der Waals surface area (Å²) in [4.78, 5) is 0. The van der Waals surface area contributed by atoms with Crippen LogP contribution in [0.15, 0.2) is 48.5 Å². The van der Waals surface area contributed by atoms with Gasteiger partial charge in [0.2, 0.25) is 0 Å². The normalized spacial score (nSPS) is 12.2. The van der Waals surface area contributed by atoms with Gasteiger partial charge in [-0.2, -0.15) is 0 Å². The van der Waals surface area contributed by atoms with E-state index in [0.717, 1.165) is 24.2 Å². The van der Waals surface area contributed by atoms with E-state index < -0.39 is 6.10 Å². The fourth-order valence-electron chi connectivity index (χ4n) is 2.10. The van der Waals surface area contributed by atoms with E-state index in [9.17, 15) is 5.11 Å². The lowest BCUT2D eigenvalue weighted by Crippen LogP contribution is -2.09. The van der Waals surface area contributed by atoms with E-state index >= 15 is 0 Å². The predicted molar refractivity (Wildman–Crippen MR) is 82.1 cm³/mol. The molecule has 2 aromatic rings. The Bertz CT molecular complexity index is 514. The maximum Gasteiger partial charge on any atom is 0.119 e. The molecule has 2 rings (SSSR count). The highest BCUT2D eigenvalue weighted by Gasteiger charge is 2.08. The van der Waals surface area contributed by atoms with Crippen molar-refractivity contribution in [1.82, 2.24) is 0 Å². The number of aliphatic hydroxyl groups excluding tert-OH is 1. The summed E-state index contributed by atoms with van der Waals surface area (Å²) >= 11 is 0. The minimum absolute atomic E-state index is 0.274. The molecule has 2 aromatic carbocycles. The Morgan fingerprint density at radius 2 is 1.65 bits per heavy atom. The van der Waals surface area contributed by atoms with Gasteiger partial charge in [0.1, 0.15) is 18.5 Å². The molecule has 0 aliphatic rings. The van der Waals surface area contributed by atoms with Crippen molar-refractivity contribution in [2.45, 2.75) is 32.8 Å². The summed E-state index contributed by atoms with van der Waals surface area (Å²) in [6.07, 6.45) is 1.64. The van der Waals surface area contributed by atoms with Crippen molar-refractivity contribution in [1.29, 1.82) is 0 Å². The van der Waals surface area contributed by atoms with Gasteiger partial charge in [0.25, 0.3) is 0 Å². The van der Waals surface area contributed by atoms with E-state index in [1.807, 2.05) is 43.3 Å². The van der Waals surface area contributed by atoms with Crippen LogP contribution in [-0.2, 0) is 6.42 Å². The van der Waals surface area contributed by atoms with Gasteiger partial charge in [-0.3, -0.25) is 0 Å². The highest BCUT2D eigenvalue weighted by atomic mass is 16.5. The maximum atomic E-state index is 10.1. The second-order valence-corrected chi connectivity index (χ2v) is 5.13. The molecule has 0 aliphatic carbocycles. The Balaban J connectivity index is 1.89. The molecular formula is C18H22O2. The molecule has 2 heteroatoms. The van der Waals surface area contributed by atoms with Crippen LogP contribution in [0, 0.1) is 6.92 Å². The second-order valence-electron chi connectivity index (χ2n) is 5.13. The van der Waals surface area contributed by atoms with Crippen LogP contribution < -0.4 is 4.74 Å². The van der Waals surface area contributed by atoms with Crippen LogP contribution in [0.25, 0.3) is 0 Å². The molecule has 0 amide bonds. The van der Waals surface area contributed by atoms with Gasteiger partial charge in [-0.05, 0) is 36.6 Å². The molecule has 0 fully saturated rings. The Morgan fingerprint density at radius 3 is 2.25 bits per heavy atom. The zero-order valence-electron chi connectivity index (χ0n) is 12.2. The first-order valence-corrected chi connectivity index (χ1v) is 7.15. The Morgan fingerprint density at radius 1 is 1.00 bits per heavy atom. The summed E-state index contributed by atoms with van der Waals surface area (Å²) in [7, 11) is 0. The minimum Gasteiger partial charge on any atom is -0.491 e. The average molecular weight is 270 g/mol. The van der Waals surface area contributed by atoms with E-state index in [1.165, 1.54) is 11.1 Å². The highest BCUT2D eigenvalue weighted by molar-refractivity contribution is 5.28. The molecule has 0 aromatic heterocycles. The zero-order chi connectivity index (χ0) is 14.4. The average Bonchev–Trinajstić information content (AvgIpc) is 2.47. The molecular weight excluding hydrogens is 248 g/mol. The third-order valence-corrected chi connectivity index (χ3v) is 3.33. The van der Waals surface area contributed by atoms with Crippen LogP contribution in [0.4, 0.5) is 0 Å². The van der Waals surface area contributed by atoms with Gasteiger partial charge < -0.3 is 9.84 Å². The second kappa shape index (κ2) is 7.11. The lowest BCUT2D eigenvalue weighted by molar-refractivity contribution is 0.108. The lowest BCUT2D eigenvalue weighted by atomic mass is 10.1. The molecule has 0 heterocycles. The summed E-state index contributed by atoms with van der Waals surface area (Å²) in [5, 5.41) is 10.1. The standard InChI is InChI=1S/C18H22O2/c1-3-4-15-7-11-17(12-8-15)20-13-18(19)16-9-5-14(2)6-10-16/h5-12,18-19H,3-4,13H2,1-2H3. The van der Waals surface area contributed by atoms with Gasteiger partial charge in [-0.1, -0.05) is 55.3 Å². The lowest BCUT2D eigenvalue weighted by Gasteiger charge is -2.13. The molecule has 2 nitrogen and oxygen atoms in total. The van der Waals surface area contributed by atoms with Crippen molar-refractivity contribution in [3.05, 3.63) is 65.2 Å². The van der Waals surface area contributed by atoms with Crippen molar-refractivity contribution in [2.24, 2.45) is 0 Å². The van der Waals surface area contributed by atoms with Crippen LogP contribution in [0.5, 0.6) is 5.75 Å². The first-order chi connectivity index (χ1) is 9.69. The summed E-state index contributed by atoms with van der Waals surface area (Å²) < 4.78 is 5.64. The Hall–Kier alpha value is -1.80. The van der Waals surface area contributed by atoms with Crippen LogP contribution in [-0.4, -0.2) is 11.7 Å². The minimum atomic E-state index is -0.592. The Kier molecular flexibility index (Phi) is 5.19. The molecule has 1 N–H and O–H groups in total. The van der Waals surface area contributed by atoms with Crippen LogP contribution in [0.2, 0.25) is 0 Å². The SMILES string of the molecule is CCCc1ccc(OCC(O)c2ccc(C)cc2)cc1. The van der Waals surface area contributed by atoms with Crippen molar-refractivity contribution in [3.8, 4) is 5.75 Å². The number of rotatable bonds is 6. The van der Waals surface area contributed by atoms with Gasteiger partial charge in [0.15, 0.2) is 0 Å². The summed E-state index contributed by atoms with van der Waals surface area (Å²) in [6, 6.07) is 16.0. The summed E-state index contributed by atoms with van der Waals surface area (Å²) in [6.45, 7) is 4.48. The highest BCUT2D eigenvalue weighted by Crippen LogP contribution is 2.18. The van der Waals surface area contributed by atoms with Crippen molar-refractivity contribution in [2.75, 3.05) is 6.61 Å². The largest absolute Gasteiger partial charge is 0.491 e. The predicted octanol–water partition coefficient (Wildman–Crippen LogP) is 4.06. The fraction of sp³-hybridized carbons (Fsp3) is 0.333. The number of ether oxygens (including phenoxy) is 1. The van der Waals surface area contributed by atoms with Gasteiger partial charge >= 0.3 is 0 Å². The van der Waals surface area contributed by atoms with Crippen molar-refractivity contribution >= 4 is 0 Å². The number of aryl methyl sites for hydroxylation is 2. The quantitative estimate of drug-likeness (QED) is 0.857. The van der Waals surface area contributed by atoms with E-state index in [2.05, 4.69) is 19.1 Å². The summed E-state index contributed by atoms with van der Waals surface area (Å²) in [5.41, 5.74) is 3.39. The van der Waals surface area contributed by atoms with Crippen molar-refractivity contribution < 1.29 is 9.84 Å². The molecule has 0 aliphatic heterocycles. The number of hydrogen-bond donors (Lipinski definition) is 1. The molecule has 0 radical (unpaired) electrons. The Labute approximate surface area is 121 Å². The number of benzene rings is 2. The summed E-state index contributed by atoms with van der Waals surface area (Å²) in [5.74, 6) is 0.802. The topological polar surface area (TPSA) is 29.5 Å². The smallest absolute Gasteiger partial charge is 0.119 e. The van der Waals surface area contributed by atoms with Gasteiger partial charge in [-0.25, -0.2) is 0 Å². The molecule has 1 atom stereocenters. The van der Waals surface area contributed by atoms with Gasteiger partial charge in [-0.15, -0.1) is 0 Å². The molecule has 1 unspecified atom stereocenters. The van der Waals surface area contributed by atoms with Gasteiger partial charge in [0, 0.05) is 0 Å². The van der Waals surface area contributed by atoms with E-state index in [1.54, 1.807) is 0 Å². The third-order valence-electron chi connectivity index (χ3n) is 3.33. The van der Waals surface area contributed by atoms with E-state index in [0.29, 0.717) is 0 Å². The van der Waals surface area contributed by atoms with E-state index in [4.69, 9.17) is 4.74 Å². The van der Waals surface area contributed by atoms with Crippen LogP contribution >= 0.6 is 0 Å². The fourth-order valence-corrected chi connectivity index (χ4v) is 2.10. The van der Waals surface area contributed by atoms with Crippen LogP contribution in [0.3, 0.4) is 0 Å². The number of hydrogen-bond acceptors (Lipinski definition) is 2. The number of aliphatic hydroxyl groups is 1. The van der Waals surface area contributed by atoms with Gasteiger partial charge in [0.05, 0.1) is 0 Å². The molecule has 20 heavy (non-hydrogen) atoms.